The lowest BCUT2D eigenvalue weighted by Gasteiger charge is -2.17. The first-order chi connectivity index (χ1) is 11.5. The average Bonchev–Trinajstić information content (AvgIpc) is 3.11. The van der Waals surface area contributed by atoms with E-state index in [1.807, 2.05) is 13.8 Å². The first-order valence-corrected chi connectivity index (χ1v) is 8.86. The SMILES string of the molecule is Cc1c(CN2CC[C@@H](CNC(=O)NC(C)C)C2)[nH]c2ccccc12. The zero-order valence-electron chi connectivity index (χ0n) is 14.9. The fourth-order valence-electron chi connectivity index (χ4n) is 3.49. The third-order valence-electron chi connectivity index (χ3n) is 4.79. The lowest BCUT2D eigenvalue weighted by molar-refractivity contribution is 0.236. The van der Waals surface area contributed by atoms with Crippen molar-refractivity contribution in [3.63, 3.8) is 0 Å². The molecule has 0 spiro atoms. The van der Waals surface area contributed by atoms with E-state index in [1.165, 1.54) is 22.2 Å². The van der Waals surface area contributed by atoms with E-state index in [0.717, 1.165) is 32.6 Å². The summed E-state index contributed by atoms with van der Waals surface area (Å²) in [7, 11) is 0. The smallest absolute Gasteiger partial charge is 0.314 e. The third kappa shape index (κ3) is 3.90. The third-order valence-corrected chi connectivity index (χ3v) is 4.79. The van der Waals surface area contributed by atoms with Crippen LogP contribution >= 0.6 is 0 Å². The minimum atomic E-state index is -0.0603. The quantitative estimate of drug-likeness (QED) is 0.790. The van der Waals surface area contributed by atoms with E-state index in [1.54, 1.807) is 0 Å². The van der Waals surface area contributed by atoms with Crippen LogP contribution in [0.4, 0.5) is 4.79 Å². The molecule has 130 valence electrons. The highest BCUT2D eigenvalue weighted by molar-refractivity contribution is 5.84. The number of urea groups is 1. The van der Waals surface area contributed by atoms with Crippen LogP contribution in [-0.4, -0.2) is 41.6 Å². The van der Waals surface area contributed by atoms with Crippen molar-refractivity contribution in [1.29, 1.82) is 0 Å². The van der Waals surface area contributed by atoms with Crippen LogP contribution in [0.15, 0.2) is 24.3 Å². The van der Waals surface area contributed by atoms with E-state index in [9.17, 15) is 4.79 Å². The van der Waals surface area contributed by atoms with E-state index in [0.29, 0.717) is 5.92 Å². The molecular formula is C19H28N4O. The molecule has 2 heterocycles. The van der Waals surface area contributed by atoms with Crippen LogP contribution in [-0.2, 0) is 6.54 Å². The predicted molar refractivity (Wildman–Crippen MR) is 98.1 cm³/mol. The number of hydrogen-bond donors (Lipinski definition) is 3. The summed E-state index contributed by atoms with van der Waals surface area (Å²) >= 11 is 0. The van der Waals surface area contributed by atoms with Crippen molar-refractivity contribution >= 4 is 16.9 Å². The number of aryl methyl sites for hydroxylation is 1. The molecule has 0 unspecified atom stereocenters. The first-order valence-electron chi connectivity index (χ1n) is 8.86. The van der Waals surface area contributed by atoms with Gasteiger partial charge in [0, 0.05) is 42.3 Å². The number of rotatable bonds is 5. The summed E-state index contributed by atoms with van der Waals surface area (Å²) in [5.74, 6) is 0.535. The van der Waals surface area contributed by atoms with Crippen LogP contribution in [0, 0.1) is 12.8 Å². The zero-order valence-corrected chi connectivity index (χ0v) is 14.9. The van der Waals surface area contributed by atoms with Gasteiger partial charge in [-0.2, -0.15) is 0 Å². The normalized spacial score (nSPS) is 18.4. The van der Waals surface area contributed by atoms with Crippen molar-refractivity contribution in [2.75, 3.05) is 19.6 Å². The highest BCUT2D eigenvalue weighted by atomic mass is 16.2. The van der Waals surface area contributed by atoms with Crippen molar-refractivity contribution in [1.82, 2.24) is 20.5 Å². The van der Waals surface area contributed by atoms with Gasteiger partial charge in [0.25, 0.3) is 0 Å². The molecule has 5 heteroatoms. The standard InChI is InChI=1S/C19H28N4O/c1-13(2)21-19(24)20-10-15-8-9-23(11-15)12-18-14(3)16-6-4-5-7-17(16)22-18/h4-7,13,15,22H,8-12H2,1-3H3,(H2,20,21,24)/t15-/m0/s1. The number of nitrogens with zero attached hydrogens (tertiary/aromatic N) is 1. The van der Waals surface area contributed by atoms with Crippen LogP contribution in [0.1, 0.15) is 31.5 Å². The van der Waals surface area contributed by atoms with Crippen molar-refractivity contribution in [2.45, 2.75) is 39.8 Å². The molecule has 1 aliphatic rings. The second kappa shape index (κ2) is 7.26. The van der Waals surface area contributed by atoms with Crippen molar-refractivity contribution in [2.24, 2.45) is 5.92 Å². The molecule has 1 aliphatic heterocycles. The van der Waals surface area contributed by atoms with E-state index in [-0.39, 0.29) is 12.1 Å². The van der Waals surface area contributed by atoms with Crippen LogP contribution < -0.4 is 10.6 Å². The molecule has 24 heavy (non-hydrogen) atoms. The maximum absolute atomic E-state index is 11.7. The Hall–Kier alpha value is -2.01. The Morgan fingerprint density at radius 2 is 2.17 bits per heavy atom. The van der Waals surface area contributed by atoms with Gasteiger partial charge in [-0.3, -0.25) is 4.90 Å². The van der Waals surface area contributed by atoms with Crippen LogP contribution in [0.3, 0.4) is 0 Å². The highest BCUT2D eigenvalue weighted by Gasteiger charge is 2.24. The minimum Gasteiger partial charge on any atom is -0.357 e. The molecule has 5 nitrogen and oxygen atoms in total. The summed E-state index contributed by atoms with van der Waals surface area (Å²) in [6.45, 7) is 9.97. The molecule has 0 saturated carbocycles. The fraction of sp³-hybridized carbons (Fsp3) is 0.526. The first kappa shape index (κ1) is 16.8. The van der Waals surface area contributed by atoms with Crippen molar-refractivity contribution in [3.8, 4) is 0 Å². The molecule has 0 radical (unpaired) electrons. The van der Waals surface area contributed by atoms with Gasteiger partial charge in [-0.1, -0.05) is 18.2 Å². The van der Waals surface area contributed by atoms with Gasteiger partial charge in [0.1, 0.15) is 0 Å². The zero-order chi connectivity index (χ0) is 17.1. The molecule has 1 atom stereocenters. The van der Waals surface area contributed by atoms with Gasteiger partial charge >= 0.3 is 6.03 Å². The lowest BCUT2D eigenvalue weighted by Crippen LogP contribution is -2.41. The molecule has 1 saturated heterocycles. The topological polar surface area (TPSA) is 60.2 Å². The van der Waals surface area contributed by atoms with Crippen molar-refractivity contribution < 1.29 is 4.79 Å². The predicted octanol–water partition coefficient (Wildman–Crippen LogP) is 3.01. The number of benzene rings is 1. The molecule has 1 aromatic carbocycles. The number of aromatic amines is 1. The van der Waals surface area contributed by atoms with Gasteiger partial charge in [0.05, 0.1) is 0 Å². The summed E-state index contributed by atoms with van der Waals surface area (Å²) in [5, 5.41) is 7.18. The van der Waals surface area contributed by atoms with Gasteiger partial charge in [-0.15, -0.1) is 0 Å². The fourth-order valence-corrected chi connectivity index (χ4v) is 3.49. The molecule has 0 aliphatic carbocycles. The highest BCUT2D eigenvalue weighted by Crippen LogP contribution is 2.24. The maximum Gasteiger partial charge on any atom is 0.314 e. The Morgan fingerprint density at radius 1 is 1.38 bits per heavy atom. The summed E-state index contributed by atoms with van der Waals surface area (Å²) < 4.78 is 0. The molecule has 2 amide bonds. The van der Waals surface area contributed by atoms with Gasteiger partial charge in [0.15, 0.2) is 0 Å². The molecule has 0 bridgehead atoms. The number of nitrogens with one attached hydrogen (secondary N) is 3. The van der Waals surface area contributed by atoms with Gasteiger partial charge in [-0.05, 0) is 51.3 Å². The Kier molecular flexibility index (Phi) is 5.09. The Bertz CT molecular complexity index is 706. The molecule has 3 N–H and O–H groups in total. The second-order valence-corrected chi connectivity index (χ2v) is 7.17. The van der Waals surface area contributed by atoms with E-state index >= 15 is 0 Å². The summed E-state index contributed by atoms with van der Waals surface area (Å²) in [6.07, 6.45) is 1.14. The lowest BCUT2D eigenvalue weighted by atomic mass is 10.1. The number of hydrogen-bond acceptors (Lipinski definition) is 2. The molecular weight excluding hydrogens is 300 g/mol. The Morgan fingerprint density at radius 3 is 2.92 bits per heavy atom. The van der Waals surface area contributed by atoms with Gasteiger partial charge in [0.2, 0.25) is 0 Å². The summed E-state index contributed by atoms with van der Waals surface area (Å²) in [5.41, 5.74) is 3.87. The number of carbonyl (C=O) groups is 1. The summed E-state index contributed by atoms with van der Waals surface area (Å²) in [6, 6.07) is 8.59. The maximum atomic E-state index is 11.7. The number of para-hydroxylation sites is 1. The van der Waals surface area contributed by atoms with E-state index < -0.39 is 0 Å². The number of aromatic nitrogens is 1. The van der Waals surface area contributed by atoms with Gasteiger partial charge < -0.3 is 15.6 Å². The minimum absolute atomic E-state index is 0.0603. The molecule has 2 aromatic rings. The number of fused-ring (bicyclic) bond motifs is 1. The Balaban J connectivity index is 1.52. The monoisotopic (exact) mass is 328 g/mol. The van der Waals surface area contributed by atoms with Crippen LogP contribution in [0.2, 0.25) is 0 Å². The Labute approximate surface area is 143 Å². The number of likely N-dealkylation sites (tertiary alicyclic amines) is 1. The number of amides is 2. The van der Waals surface area contributed by atoms with E-state index in [4.69, 9.17) is 0 Å². The molecule has 1 fully saturated rings. The molecule has 3 rings (SSSR count). The average molecular weight is 328 g/mol. The van der Waals surface area contributed by atoms with Crippen LogP contribution in [0.25, 0.3) is 10.9 Å². The number of H-pyrrole nitrogens is 1. The summed E-state index contributed by atoms with van der Waals surface area (Å²) in [4.78, 5) is 17.7. The second-order valence-electron chi connectivity index (χ2n) is 7.17. The van der Waals surface area contributed by atoms with Gasteiger partial charge in [-0.25, -0.2) is 4.79 Å². The number of carbonyl (C=O) groups excluding carboxylic acids is 1. The largest absolute Gasteiger partial charge is 0.357 e. The van der Waals surface area contributed by atoms with E-state index in [2.05, 4.69) is 51.7 Å². The van der Waals surface area contributed by atoms with Crippen LogP contribution in [0.5, 0.6) is 0 Å². The van der Waals surface area contributed by atoms with Crippen molar-refractivity contribution in [3.05, 3.63) is 35.5 Å². The molecule has 1 aromatic heterocycles.